The summed E-state index contributed by atoms with van der Waals surface area (Å²) in [5.41, 5.74) is 1.19. The third kappa shape index (κ3) is 2.06. The molecule has 0 aromatic carbocycles. The van der Waals surface area contributed by atoms with Crippen molar-refractivity contribution >= 4 is 50.2 Å². The first-order chi connectivity index (χ1) is 6.68. The van der Waals surface area contributed by atoms with Crippen LogP contribution in [0.4, 0.5) is 0 Å². The van der Waals surface area contributed by atoms with Gasteiger partial charge in [-0.1, -0.05) is 0 Å². The Morgan fingerprint density at radius 3 is 2.79 bits per heavy atom. The first kappa shape index (κ1) is 10.7. The summed E-state index contributed by atoms with van der Waals surface area (Å²) < 4.78 is 1.15. The molecule has 0 nitrogen and oxygen atoms in total. The Kier molecular flexibility index (Phi) is 3.32. The number of thiophene rings is 2. The van der Waals surface area contributed by atoms with E-state index in [1.807, 2.05) is 0 Å². The molecule has 0 spiro atoms. The Morgan fingerprint density at radius 1 is 1.50 bits per heavy atom. The van der Waals surface area contributed by atoms with Crippen molar-refractivity contribution in [2.75, 3.05) is 0 Å². The lowest BCUT2D eigenvalue weighted by molar-refractivity contribution is 1.20. The van der Waals surface area contributed by atoms with Gasteiger partial charge in [0.05, 0.1) is 5.38 Å². The van der Waals surface area contributed by atoms with Gasteiger partial charge in [0.1, 0.15) is 0 Å². The van der Waals surface area contributed by atoms with Crippen LogP contribution in [0.25, 0.3) is 0 Å². The van der Waals surface area contributed by atoms with Gasteiger partial charge in [-0.25, -0.2) is 0 Å². The highest BCUT2D eigenvalue weighted by Crippen LogP contribution is 2.37. The monoisotopic (exact) mass is 306 g/mol. The van der Waals surface area contributed by atoms with Gasteiger partial charge in [-0.05, 0) is 51.3 Å². The van der Waals surface area contributed by atoms with E-state index in [2.05, 4.69) is 45.7 Å². The zero-order chi connectivity index (χ0) is 10.1. The molecule has 0 aliphatic heterocycles. The van der Waals surface area contributed by atoms with Gasteiger partial charge < -0.3 is 0 Å². The van der Waals surface area contributed by atoms with Crippen LogP contribution in [-0.2, 0) is 0 Å². The van der Waals surface area contributed by atoms with Gasteiger partial charge >= 0.3 is 0 Å². The van der Waals surface area contributed by atoms with E-state index in [1.54, 1.807) is 22.7 Å². The molecule has 0 fully saturated rings. The average Bonchev–Trinajstić information content (AvgIpc) is 2.76. The third-order valence-corrected chi connectivity index (χ3v) is 5.48. The molecule has 0 bridgehead atoms. The molecule has 0 saturated carbocycles. The molecule has 74 valence electrons. The lowest BCUT2D eigenvalue weighted by Gasteiger charge is -2.03. The predicted molar refractivity (Wildman–Crippen MR) is 68.8 cm³/mol. The normalized spacial score (nSPS) is 13.1. The van der Waals surface area contributed by atoms with Crippen LogP contribution in [0.3, 0.4) is 0 Å². The average molecular weight is 308 g/mol. The van der Waals surface area contributed by atoms with E-state index in [4.69, 9.17) is 11.6 Å². The predicted octanol–water partition coefficient (Wildman–Crippen LogP) is 5.21. The van der Waals surface area contributed by atoms with E-state index >= 15 is 0 Å². The molecule has 0 radical (unpaired) electrons. The van der Waals surface area contributed by atoms with Crippen LogP contribution in [0.15, 0.2) is 27.4 Å². The summed E-state index contributed by atoms with van der Waals surface area (Å²) in [6, 6.07) is 4.18. The minimum Gasteiger partial charge on any atom is -0.152 e. The fraction of sp³-hybridized carbons (Fsp3) is 0.200. The maximum atomic E-state index is 6.35. The molecule has 0 aliphatic rings. The molecular weight excluding hydrogens is 300 g/mol. The Morgan fingerprint density at radius 2 is 2.29 bits per heavy atom. The minimum atomic E-state index is -0.00347. The summed E-state index contributed by atoms with van der Waals surface area (Å²) in [7, 11) is 0. The molecule has 0 amide bonds. The molecule has 2 aromatic rings. The van der Waals surface area contributed by atoms with Crippen molar-refractivity contribution in [1.29, 1.82) is 0 Å². The largest absolute Gasteiger partial charge is 0.152 e. The standard InChI is InChI=1S/C10H8BrClS2/c1-6-8(11)4-9(14-6)10(12)7-2-3-13-5-7/h2-5,10H,1H3. The first-order valence-electron chi connectivity index (χ1n) is 4.10. The maximum Gasteiger partial charge on any atom is 0.0936 e. The van der Waals surface area contributed by atoms with Crippen molar-refractivity contribution in [3.05, 3.63) is 42.7 Å². The van der Waals surface area contributed by atoms with Crippen LogP contribution < -0.4 is 0 Å². The van der Waals surface area contributed by atoms with Gasteiger partial charge in [0.25, 0.3) is 0 Å². The summed E-state index contributed by atoms with van der Waals surface area (Å²) in [6.45, 7) is 2.09. The van der Waals surface area contributed by atoms with Gasteiger partial charge in [0.2, 0.25) is 0 Å². The number of hydrogen-bond acceptors (Lipinski definition) is 2. The van der Waals surface area contributed by atoms with Crippen molar-refractivity contribution in [2.24, 2.45) is 0 Å². The lowest BCUT2D eigenvalue weighted by Crippen LogP contribution is -1.85. The molecule has 4 heteroatoms. The Labute approximate surface area is 105 Å². The third-order valence-electron chi connectivity index (χ3n) is 1.96. The van der Waals surface area contributed by atoms with Gasteiger partial charge in [-0.2, -0.15) is 11.3 Å². The van der Waals surface area contributed by atoms with Gasteiger partial charge in [-0.15, -0.1) is 22.9 Å². The van der Waals surface area contributed by atoms with E-state index < -0.39 is 0 Å². The Balaban J connectivity index is 2.32. The number of hydrogen-bond donors (Lipinski definition) is 0. The summed E-state index contributed by atoms with van der Waals surface area (Å²) in [6.07, 6.45) is 0. The molecule has 14 heavy (non-hydrogen) atoms. The summed E-state index contributed by atoms with van der Waals surface area (Å²) in [5, 5.41) is 4.15. The van der Waals surface area contributed by atoms with E-state index in [9.17, 15) is 0 Å². The van der Waals surface area contributed by atoms with Crippen LogP contribution in [-0.4, -0.2) is 0 Å². The molecule has 1 atom stereocenters. The summed E-state index contributed by atoms with van der Waals surface area (Å²) >= 11 is 13.3. The van der Waals surface area contributed by atoms with Crippen LogP contribution in [0.2, 0.25) is 0 Å². The molecule has 0 aliphatic carbocycles. The fourth-order valence-corrected chi connectivity index (χ4v) is 3.85. The second-order valence-corrected chi connectivity index (χ2v) is 6.33. The highest BCUT2D eigenvalue weighted by atomic mass is 79.9. The number of rotatable bonds is 2. The number of halogens is 2. The Bertz CT molecular complexity index is 400. The molecule has 2 heterocycles. The van der Waals surface area contributed by atoms with Crippen LogP contribution >= 0.6 is 50.2 Å². The van der Waals surface area contributed by atoms with Crippen molar-refractivity contribution < 1.29 is 0 Å². The number of aryl methyl sites for hydroxylation is 1. The van der Waals surface area contributed by atoms with E-state index in [0.29, 0.717) is 0 Å². The summed E-state index contributed by atoms with van der Waals surface area (Å²) in [5.74, 6) is 0. The second-order valence-electron chi connectivity index (χ2n) is 2.97. The molecule has 0 N–H and O–H groups in total. The maximum absolute atomic E-state index is 6.35. The second kappa shape index (κ2) is 4.35. The fourth-order valence-electron chi connectivity index (χ4n) is 1.19. The zero-order valence-electron chi connectivity index (χ0n) is 7.46. The first-order valence-corrected chi connectivity index (χ1v) is 7.09. The van der Waals surface area contributed by atoms with Crippen molar-refractivity contribution in [2.45, 2.75) is 12.3 Å². The van der Waals surface area contributed by atoms with Gasteiger partial charge in [0.15, 0.2) is 0 Å². The van der Waals surface area contributed by atoms with Crippen molar-refractivity contribution in [3.8, 4) is 0 Å². The van der Waals surface area contributed by atoms with Crippen LogP contribution in [0, 0.1) is 6.92 Å². The molecule has 2 rings (SSSR count). The lowest BCUT2D eigenvalue weighted by atomic mass is 10.2. The van der Waals surface area contributed by atoms with Crippen LogP contribution in [0.1, 0.15) is 20.7 Å². The molecular formula is C10H8BrClS2. The van der Waals surface area contributed by atoms with Gasteiger partial charge in [-0.3, -0.25) is 0 Å². The minimum absolute atomic E-state index is 0.00347. The molecule has 2 aromatic heterocycles. The van der Waals surface area contributed by atoms with E-state index in [0.717, 1.165) is 4.47 Å². The quantitative estimate of drug-likeness (QED) is 0.668. The smallest absolute Gasteiger partial charge is 0.0936 e. The SMILES string of the molecule is Cc1sc(C(Cl)c2ccsc2)cc1Br. The van der Waals surface area contributed by atoms with Crippen molar-refractivity contribution in [1.82, 2.24) is 0 Å². The highest BCUT2D eigenvalue weighted by Gasteiger charge is 2.14. The molecule has 1 unspecified atom stereocenters. The van der Waals surface area contributed by atoms with Gasteiger partial charge in [0, 0.05) is 14.2 Å². The zero-order valence-corrected chi connectivity index (χ0v) is 11.4. The molecule has 0 saturated heterocycles. The number of alkyl halides is 1. The highest BCUT2D eigenvalue weighted by molar-refractivity contribution is 9.10. The van der Waals surface area contributed by atoms with Crippen LogP contribution in [0.5, 0.6) is 0 Å². The Hall–Kier alpha value is 0.170. The topological polar surface area (TPSA) is 0 Å². The van der Waals surface area contributed by atoms with E-state index in [-0.39, 0.29) is 5.38 Å². The van der Waals surface area contributed by atoms with E-state index in [1.165, 1.54) is 15.3 Å². The summed E-state index contributed by atoms with van der Waals surface area (Å²) in [4.78, 5) is 2.48. The van der Waals surface area contributed by atoms with Crippen molar-refractivity contribution in [3.63, 3.8) is 0 Å².